The van der Waals surface area contributed by atoms with E-state index in [1.807, 2.05) is 11.8 Å². The van der Waals surface area contributed by atoms with Crippen LogP contribution in [0.3, 0.4) is 0 Å². The molecule has 1 aliphatic heterocycles. The Morgan fingerprint density at radius 2 is 2.21 bits per heavy atom. The number of benzene rings is 1. The zero-order chi connectivity index (χ0) is 13.8. The van der Waals surface area contributed by atoms with Gasteiger partial charge in [-0.1, -0.05) is 30.4 Å². The first kappa shape index (κ1) is 14.7. The van der Waals surface area contributed by atoms with Gasteiger partial charge in [-0.25, -0.2) is 0 Å². The van der Waals surface area contributed by atoms with Crippen molar-refractivity contribution in [2.45, 2.75) is 51.6 Å². The summed E-state index contributed by atoms with van der Waals surface area (Å²) in [7, 11) is 0. The molecule has 0 unspecified atom stereocenters. The van der Waals surface area contributed by atoms with Crippen molar-refractivity contribution < 1.29 is 4.74 Å². The number of ether oxygens (including phenoxy) is 1. The van der Waals surface area contributed by atoms with E-state index in [0.717, 1.165) is 17.1 Å². The molecule has 0 aromatic heterocycles. The summed E-state index contributed by atoms with van der Waals surface area (Å²) in [6, 6.07) is 6.49. The van der Waals surface area contributed by atoms with Gasteiger partial charge in [-0.2, -0.15) is 11.8 Å². The van der Waals surface area contributed by atoms with E-state index in [2.05, 4.69) is 45.5 Å². The lowest BCUT2D eigenvalue weighted by Crippen LogP contribution is -2.11. The molecule has 1 aromatic rings. The van der Waals surface area contributed by atoms with E-state index < -0.39 is 0 Å². The van der Waals surface area contributed by atoms with E-state index in [9.17, 15) is 0 Å². The first-order valence-electron chi connectivity index (χ1n) is 7.05. The first-order valence-corrected chi connectivity index (χ1v) is 8.21. The zero-order valence-corrected chi connectivity index (χ0v) is 13.1. The van der Waals surface area contributed by atoms with Gasteiger partial charge in [0.15, 0.2) is 0 Å². The standard InChI is InChI=1S/C17H24OS/c1-12(2)16-7-5-6-13(3)17(16)11-19-10-15-9-8-14(4)18-15/h5-7,14-15H,1,8-11H2,2-4H3/t14-,15-/m0/s1. The topological polar surface area (TPSA) is 9.23 Å². The van der Waals surface area contributed by atoms with E-state index in [4.69, 9.17) is 4.74 Å². The Kier molecular flexibility index (Phi) is 5.12. The summed E-state index contributed by atoms with van der Waals surface area (Å²) in [6.07, 6.45) is 3.34. The van der Waals surface area contributed by atoms with Gasteiger partial charge in [-0.3, -0.25) is 0 Å². The molecule has 1 nitrogen and oxygen atoms in total. The molecule has 0 saturated carbocycles. The first-order chi connectivity index (χ1) is 9.08. The molecule has 0 aliphatic carbocycles. The Bertz CT molecular complexity index is 453. The average Bonchev–Trinajstić information content (AvgIpc) is 2.77. The van der Waals surface area contributed by atoms with Gasteiger partial charge in [0.2, 0.25) is 0 Å². The summed E-state index contributed by atoms with van der Waals surface area (Å²) in [5.74, 6) is 2.16. The highest BCUT2D eigenvalue weighted by molar-refractivity contribution is 7.98. The fraction of sp³-hybridized carbons (Fsp3) is 0.529. The molecule has 0 amide bonds. The maximum Gasteiger partial charge on any atom is 0.0670 e. The van der Waals surface area contributed by atoms with Crippen LogP contribution in [-0.2, 0) is 10.5 Å². The summed E-state index contributed by atoms with van der Waals surface area (Å²) in [4.78, 5) is 0. The lowest BCUT2D eigenvalue weighted by atomic mass is 9.99. The number of thioether (sulfide) groups is 1. The van der Waals surface area contributed by atoms with E-state index >= 15 is 0 Å². The molecule has 2 heteroatoms. The smallest absolute Gasteiger partial charge is 0.0670 e. The quantitative estimate of drug-likeness (QED) is 0.762. The van der Waals surface area contributed by atoms with Crippen molar-refractivity contribution in [2.75, 3.05) is 5.75 Å². The summed E-state index contributed by atoms with van der Waals surface area (Å²) < 4.78 is 5.87. The molecule has 0 bridgehead atoms. The van der Waals surface area contributed by atoms with Crippen molar-refractivity contribution in [1.29, 1.82) is 0 Å². The molecular weight excluding hydrogens is 252 g/mol. The SMILES string of the molecule is C=C(C)c1cccc(C)c1CSC[C@@H]1CC[C@H](C)O1. The van der Waals surface area contributed by atoms with Crippen LogP contribution in [0, 0.1) is 6.92 Å². The van der Waals surface area contributed by atoms with Crippen LogP contribution in [0.4, 0.5) is 0 Å². The fourth-order valence-corrected chi connectivity index (χ4v) is 3.81. The van der Waals surface area contributed by atoms with Crippen molar-refractivity contribution in [2.24, 2.45) is 0 Å². The Morgan fingerprint density at radius 3 is 2.84 bits per heavy atom. The highest BCUT2D eigenvalue weighted by Gasteiger charge is 2.21. The Labute approximate surface area is 121 Å². The van der Waals surface area contributed by atoms with Gasteiger partial charge in [0.25, 0.3) is 0 Å². The highest BCUT2D eigenvalue weighted by Crippen LogP contribution is 2.28. The maximum absolute atomic E-state index is 5.87. The molecule has 1 fully saturated rings. The Hall–Kier alpha value is -0.730. The molecule has 2 atom stereocenters. The predicted octanol–water partition coefficient (Wildman–Crippen LogP) is 4.83. The van der Waals surface area contributed by atoms with Crippen molar-refractivity contribution in [1.82, 2.24) is 0 Å². The summed E-state index contributed by atoms with van der Waals surface area (Å²) in [5, 5.41) is 0. The van der Waals surface area contributed by atoms with Crippen molar-refractivity contribution in [3.05, 3.63) is 41.5 Å². The average molecular weight is 276 g/mol. The van der Waals surface area contributed by atoms with Crippen LogP contribution in [-0.4, -0.2) is 18.0 Å². The van der Waals surface area contributed by atoms with Crippen molar-refractivity contribution in [3.63, 3.8) is 0 Å². The lowest BCUT2D eigenvalue weighted by Gasteiger charge is -2.14. The van der Waals surface area contributed by atoms with Gasteiger partial charge in [0, 0.05) is 11.5 Å². The molecule has 1 saturated heterocycles. The molecule has 19 heavy (non-hydrogen) atoms. The minimum absolute atomic E-state index is 0.454. The van der Waals surface area contributed by atoms with Gasteiger partial charge in [-0.15, -0.1) is 0 Å². The normalized spacial score (nSPS) is 22.7. The molecular formula is C17H24OS. The summed E-state index contributed by atoms with van der Waals surface area (Å²) in [5.41, 5.74) is 5.28. The second-order valence-electron chi connectivity index (χ2n) is 5.54. The number of hydrogen-bond donors (Lipinski definition) is 0. The molecule has 0 spiro atoms. The Balaban J connectivity index is 1.94. The second kappa shape index (κ2) is 6.62. The van der Waals surface area contributed by atoms with E-state index in [1.165, 1.54) is 29.5 Å². The molecule has 0 N–H and O–H groups in total. The maximum atomic E-state index is 5.87. The van der Waals surface area contributed by atoms with Crippen LogP contribution in [0.2, 0.25) is 0 Å². The largest absolute Gasteiger partial charge is 0.374 e. The van der Waals surface area contributed by atoms with Crippen LogP contribution >= 0.6 is 11.8 Å². The van der Waals surface area contributed by atoms with Gasteiger partial charge < -0.3 is 4.74 Å². The predicted molar refractivity (Wildman–Crippen MR) is 85.6 cm³/mol. The van der Waals surface area contributed by atoms with E-state index in [1.54, 1.807) is 0 Å². The molecule has 2 rings (SSSR count). The van der Waals surface area contributed by atoms with Crippen LogP contribution in [0.5, 0.6) is 0 Å². The minimum atomic E-state index is 0.454. The van der Waals surface area contributed by atoms with Gasteiger partial charge in [0.1, 0.15) is 0 Å². The molecule has 1 heterocycles. The van der Waals surface area contributed by atoms with Crippen molar-refractivity contribution in [3.8, 4) is 0 Å². The van der Waals surface area contributed by atoms with Crippen LogP contribution < -0.4 is 0 Å². The van der Waals surface area contributed by atoms with Gasteiger partial charge >= 0.3 is 0 Å². The van der Waals surface area contributed by atoms with E-state index in [-0.39, 0.29) is 0 Å². The summed E-state index contributed by atoms with van der Waals surface area (Å²) >= 11 is 1.99. The third-order valence-electron chi connectivity index (χ3n) is 3.74. The number of allylic oxidation sites excluding steroid dienone is 1. The molecule has 1 aliphatic rings. The lowest BCUT2D eigenvalue weighted by molar-refractivity contribution is 0.0700. The molecule has 1 aromatic carbocycles. The molecule has 104 valence electrons. The number of hydrogen-bond acceptors (Lipinski definition) is 2. The van der Waals surface area contributed by atoms with Crippen molar-refractivity contribution >= 4 is 17.3 Å². The van der Waals surface area contributed by atoms with Gasteiger partial charge in [-0.05, 0) is 50.3 Å². The summed E-state index contributed by atoms with van der Waals surface area (Å²) in [6.45, 7) is 10.5. The Morgan fingerprint density at radius 1 is 1.42 bits per heavy atom. The monoisotopic (exact) mass is 276 g/mol. The fourth-order valence-electron chi connectivity index (χ4n) is 2.59. The minimum Gasteiger partial charge on any atom is -0.374 e. The number of rotatable bonds is 5. The van der Waals surface area contributed by atoms with Gasteiger partial charge in [0.05, 0.1) is 12.2 Å². The van der Waals surface area contributed by atoms with Crippen LogP contribution in [0.25, 0.3) is 5.57 Å². The zero-order valence-electron chi connectivity index (χ0n) is 12.2. The highest BCUT2D eigenvalue weighted by atomic mass is 32.2. The third-order valence-corrected chi connectivity index (χ3v) is 4.84. The van der Waals surface area contributed by atoms with Crippen LogP contribution in [0.1, 0.15) is 43.4 Å². The third kappa shape index (κ3) is 3.87. The van der Waals surface area contributed by atoms with E-state index in [0.29, 0.717) is 12.2 Å². The van der Waals surface area contributed by atoms with Crippen LogP contribution in [0.15, 0.2) is 24.8 Å². The second-order valence-corrected chi connectivity index (χ2v) is 6.57. The number of aryl methyl sites for hydroxylation is 1. The molecule has 0 radical (unpaired) electrons.